The maximum atomic E-state index is 14.0. The third kappa shape index (κ3) is 4.51. The van der Waals surface area contributed by atoms with Crippen LogP contribution in [0.1, 0.15) is 47.4 Å². The number of benzene rings is 1. The van der Waals surface area contributed by atoms with Crippen molar-refractivity contribution >= 4 is 11.9 Å². The van der Waals surface area contributed by atoms with Gasteiger partial charge in [0.25, 0.3) is 5.91 Å². The summed E-state index contributed by atoms with van der Waals surface area (Å²) in [5.74, 6) is -1.88. The van der Waals surface area contributed by atoms with Crippen molar-refractivity contribution in [2.24, 2.45) is 5.92 Å². The number of carboxylic acids is 1. The van der Waals surface area contributed by atoms with Crippen molar-refractivity contribution in [1.29, 1.82) is 0 Å². The lowest BCUT2D eigenvalue weighted by Crippen LogP contribution is -2.31. The van der Waals surface area contributed by atoms with E-state index in [9.17, 15) is 14.0 Å². The number of carboxylic acid groups (broad SMARTS) is 1. The normalized spacial score (nSPS) is 17.7. The van der Waals surface area contributed by atoms with Gasteiger partial charge in [-0.05, 0) is 37.0 Å². The Morgan fingerprint density at radius 1 is 1.43 bits per heavy atom. The first-order valence-electron chi connectivity index (χ1n) is 7.82. The molecule has 1 aliphatic heterocycles. The van der Waals surface area contributed by atoms with E-state index in [0.29, 0.717) is 25.6 Å². The summed E-state index contributed by atoms with van der Waals surface area (Å²) in [5.41, 5.74) is -0.270. The minimum absolute atomic E-state index is 0.0148. The summed E-state index contributed by atoms with van der Waals surface area (Å²) in [5, 5.41) is 8.83. The van der Waals surface area contributed by atoms with Crippen molar-refractivity contribution < 1.29 is 23.8 Å². The lowest BCUT2D eigenvalue weighted by molar-refractivity contribution is 0.0483. The average Bonchev–Trinajstić information content (AvgIpc) is 2.94. The zero-order valence-electron chi connectivity index (χ0n) is 13.4. The number of ether oxygens (including phenoxy) is 1. The minimum Gasteiger partial charge on any atom is -0.478 e. The second-order valence-corrected chi connectivity index (χ2v) is 6.21. The molecule has 1 saturated heterocycles. The van der Waals surface area contributed by atoms with Crippen LogP contribution in [0.15, 0.2) is 18.2 Å². The summed E-state index contributed by atoms with van der Waals surface area (Å²) in [7, 11) is 0. The van der Waals surface area contributed by atoms with Crippen LogP contribution >= 0.6 is 0 Å². The molecule has 5 nitrogen and oxygen atoms in total. The SMILES string of the molecule is CC(C)CCOC1CCN(C(=O)c2ccc(C(=O)O)cc2F)C1. The fraction of sp³-hybridized carbons (Fsp3) is 0.529. The molecular weight excluding hydrogens is 301 g/mol. The molecule has 1 aromatic rings. The largest absolute Gasteiger partial charge is 0.478 e. The Morgan fingerprint density at radius 3 is 2.78 bits per heavy atom. The van der Waals surface area contributed by atoms with Crippen LogP contribution in [0.2, 0.25) is 0 Å². The van der Waals surface area contributed by atoms with Gasteiger partial charge in [0.2, 0.25) is 0 Å². The average molecular weight is 323 g/mol. The number of carbonyl (C=O) groups is 2. The highest BCUT2D eigenvalue weighted by Gasteiger charge is 2.29. The molecule has 23 heavy (non-hydrogen) atoms. The van der Waals surface area contributed by atoms with E-state index in [2.05, 4.69) is 13.8 Å². The molecule has 0 aliphatic carbocycles. The van der Waals surface area contributed by atoms with Gasteiger partial charge in [-0.25, -0.2) is 9.18 Å². The molecule has 0 saturated carbocycles. The van der Waals surface area contributed by atoms with Gasteiger partial charge in [0.1, 0.15) is 5.82 Å². The summed E-state index contributed by atoms with van der Waals surface area (Å²) in [6.07, 6.45) is 1.69. The maximum Gasteiger partial charge on any atom is 0.335 e. The van der Waals surface area contributed by atoms with Crippen molar-refractivity contribution in [2.75, 3.05) is 19.7 Å². The lowest BCUT2D eigenvalue weighted by atomic mass is 10.1. The Morgan fingerprint density at radius 2 is 2.17 bits per heavy atom. The Hall–Kier alpha value is -1.95. The van der Waals surface area contributed by atoms with Crippen molar-refractivity contribution in [1.82, 2.24) is 4.90 Å². The summed E-state index contributed by atoms with van der Waals surface area (Å²) >= 11 is 0. The number of carbonyl (C=O) groups excluding carboxylic acids is 1. The zero-order valence-corrected chi connectivity index (χ0v) is 13.4. The van der Waals surface area contributed by atoms with Crippen molar-refractivity contribution in [3.8, 4) is 0 Å². The van der Waals surface area contributed by atoms with Gasteiger partial charge in [-0.2, -0.15) is 0 Å². The van der Waals surface area contributed by atoms with Crippen LogP contribution in [0, 0.1) is 11.7 Å². The minimum atomic E-state index is -1.22. The summed E-state index contributed by atoms with van der Waals surface area (Å²) in [6.45, 7) is 5.86. The van der Waals surface area contributed by atoms with Gasteiger partial charge in [-0.1, -0.05) is 13.8 Å². The fourth-order valence-electron chi connectivity index (χ4n) is 2.51. The van der Waals surface area contributed by atoms with Crippen molar-refractivity contribution in [3.05, 3.63) is 35.1 Å². The molecule has 1 fully saturated rings. The molecule has 2 rings (SSSR count). The molecule has 0 radical (unpaired) electrons. The van der Waals surface area contributed by atoms with E-state index < -0.39 is 17.7 Å². The molecule has 1 heterocycles. The number of hydrogen-bond acceptors (Lipinski definition) is 3. The molecule has 1 amide bonds. The first-order chi connectivity index (χ1) is 10.9. The quantitative estimate of drug-likeness (QED) is 0.874. The molecule has 1 atom stereocenters. The highest BCUT2D eigenvalue weighted by Crippen LogP contribution is 2.19. The van der Waals surface area contributed by atoms with Gasteiger partial charge in [0, 0.05) is 19.7 Å². The Balaban J connectivity index is 1.95. The maximum absolute atomic E-state index is 14.0. The first-order valence-corrected chi connectivity index (χ1v) is 7.82. The van der Waals surface area contributed by atoms with Gasteiger partial charge in [-0.15, -0.1) is 0 Å². The second-order valence-electron chi connectivity index (χ2n) is 6.21. The second kappa shape index (κ2) is 7.55. The number of hydrogen-bond donors (Lipinski definition) is 1. The Labute approximate surface area is 135 Å². The van der Waals surface area contributed by atoms with E-state index in [-0.39, 0.29) is 17.2 Å². The van der Waals surface area contributed by atoms with Gasteiger partial charge in [-0.3, -0.25) is 4.79 Å². The topological polar surface area (TPSA) is 66.8 Å². The fourth-order valence-corrected chi connectivity index (χ4v) is 2.51. The van der Waals surface area contributed by atoms with Gasteiger partial charge in [0.15, 0.2) is 0 Å². The molecule has 1 unspecified atom stereocenters. The summed E-state index contributed by atoms with van der Waals surface area (Å²) in [4.78, 5) is 24.7. The third-order valence-electron chi connectivity index (χ3n) is 3.93. The molecule has 6 heteroatoms. The van der Waals surface area contributed by atoms with E-state index in [1.54, 1.807) is 4.90 Å². The van der Waals surface area contributed by atoms with E-state index in [4.69, 9.17) is 9.84 Å². The van der Waals surface area contributed by atoms with Gasteiger partial charge >= 0.3 is 5.97 Å². The number of nitrogens with zero attached hydrogens (tertiary/aromatic N) is 1. The van der Waals surface area contributed by atoms with Crippen LogP contribution in [0.4, 0.5) is 4.39 Å². The van der Waals surface area contributed by atoms with Crippen LogP contribution < -0.4 is 0 Å². The molecule has 1 N–H and O–H groups in total. The molecular formula is C17H22FNO4. The number of amides is 1. The zero-order chi connectivity index (χ0) is 17.0. The Kier molecular flexibility index (Phi) is 5.71. The monoisotopic (exact) mass is 323 g/mol. The molecule has 0 spiro atoms. The van der Waals surface area contributed by atoms with E-state index in [0.717, 1.165) is 18.9 Å². The Bertz CT molecular complexity index is 588. The number of aromatic carboxylic acids is 1. The van der Waals surface area contributed by atoms with Crippen molar-refractivity contribution in [3.63, 3.8) is 0 Å². The highest BCUT2D eigenvalue weighted by molar-refractivity contribution is 5.96. The van der Waals surface area contributed by atoms with E-state index in [1.807, 2.05) is 0 Å². The molecule has 1 aliphatic rings. The molecule has 0 bridgehead atoms. The molecule has 1 aromatic carbocycles. The van der Waals surface area contributed by atoms with Crippen LogP contribution in [0.5, 0.6) is 0 Å². The van der Waals surface area contributed by atoms with Crippen LogP contribution in [0.25, 0.3) is 0 Å². The van der Waals surface area contributed by atoms with Crippen LogP contribution in [-0.4, -0.2) is 47.7 Å². The number of halogens is 1. The van der Waals surface area contributed by atoms with E-state index in [1.165, 1.54) is 12.1 Å². The smallest absolute Gasteiger partial charge is 0.335 e. The predicted octanol–water partition coefficient (Wildman–Crippen LogP) is 2.80. The number of likely N-dealkylation sites (tertiary alicyclic amines) is 1. The van der Waals surface area contributed by atoms with Crippen LogP contribution in [-0.2, 0) is 4.74 Å². The van der Waals surface area contributed by atoms with Crippen LogP contribution in [0.3, 0.4) is 0 Å². The lowest BCUT2D eigenvalue weighted by Gasteiger charge is -2.17. The van der Waals surface area contributed by atoms with Gasteiger partial charge < -0.3 is 14.7 Å². The summed E-state index contributed by atoms with van der Waals surface area (Å²) in [6, 6.07) is 3.35. The first kappa shape index (κ1) is 17.4. The third-order valence-corrected chi connectivity index (χ3v) is 3.93. The van der Waals surface area contributed by atoms with Gasteiger partial charge in [0.05, 0.1) is 17.2 Å². The predicted molar refractivity (Wildman–Crippen MR) is 83.1 cm³/mol. The standard InChI is InChI=1S/C17H22FNO4/c1-11(2)6-8-23-13-5-7-19(10-13)16(20)14-4-3-12(17(21)22)9-15(14)18/h3-4,9,11,13H,5-8,10H2,1-2H3,(H,21,22). The summed E-state index contributed by atoms with van der Waals surface area (Å²) < 4.78 is 19.7. The van der Waals surface area contributed by atoms with Crippen molar-refractivity contribution in [2.45, 2.75) is 32.8 Å². The molecule has 126 valence electrons. The number of rotatable bonds is 6. The molecule has 0 aromatic heterocycles. The highest BCUT2D eigenvalue weighted by atomic mass is 19.1. The van der Waals surface area contributed by atoms with E-state index >= 15 is 0 Å².